The highest BCUT2D eigenvalue weighted by Crippen LogP contribution is 2.20. The molecule has 0 fully saturated rings. The Balaban J connectivity index is 1.54. The van der Waals surface area contributed by atoms with E-state index in [1.165, 1.54) is 7.11 Å². The maximum Gasteiger partial charge on any atom is 0.422 e. The van der Waals surface area contributed by atoms with Gasteiger partial charge in [0, 0.05) is 31.8 Å². The highest BCUT2D eigenvalue weighted by molar-refractivity contribution is 5.67. The van der Waals surface area contributed by atoms with Gasteiger partial charge in [-0.05, 0) is 41.7 Å². The van der Waals surface area contributed by atoms with E-state index in [-0.39, 0.29) is 24.8 Å². The molecule has 13 heteroatoms. The van der Waals surface area contributed by atoms with Gasteiger partial charge < -0.3 is 29.7 Å². The lowest BCUT2D eigenvalue weighted by molar-refractivity contribution is -0.154. The summed E-state index contributed by atoms with van der Waals surface area (Å²) in [5.74, 6) is 0.967. The van der Waals surface area contributed by atoms with Crippen molar-refractivity contribution in [2.45, 2.75) is 32.0 Å². The number of benzene rings is 2. The Morgan fingerprint density at radius 1 is 1.00 bits per heavy atom. The van der Waals surface area contributed by atoms with E-state index in [4.69, 9.17) is 14.2 Å². The number of hydrogen-bond acceptors (Lipinski definition) is 9. The first-order valence-electron chi connectivity index (χ1n) is 13.4. The molecular weight excluding hydrogens is 553 g/mol. The first-order chi connectivity index (χ1) is 20.2. The van der Waals surface area contributed by atoms with Gasteiger partial charge in [0.2, 0.25) is 5.95 Å². The van der Waals surface area contributed by atoms with E-state index in [1.807, 2.05) is 36.4 Å². The fourth-order valence-corrected chi connectivity index (χ4v) is 4.12. The molecule has 0 atom stereocenters. The van der Waals surface area contributed by atoms with E-state index in [9.17, 15) is 18.0 Å². The predicted octanol–water partition coefficient (Wildman–Crippen LogP) is 4.82. The average Bonchev–Trinajstić information content (AvgIpc) is 2.97. The van der Waals surface area contributed by atoms with Crippen molar-refractivity contribution in [3.05, 3.63) is 77.6 Å². The van der Waals surface area contributed by atoms with Crippen molar-refractivity contribution in [3.8, 4) is 11.8 Å². The van der Waals surface area contributed by atoms with Crippen molar-refractivity contribution in [1.29, 1.82) is 0 Å². The van der Waals surface area contributed by atoms with Crippen molar-refractivity contribution < 1.29 is 32.2 Å². The first-order valence-corrected chi connectivity index (χ1v) is 13.4. The summed E-state index contributed by atoms with van der Waals surface area (Å²) in [6.07, 6.45) is -3.12. The third-order valence-electron chi connectivity index (χ3n) is 6.32. The summed E-state index contributed by atoms with van der Waals surface area (Å²) in [7, 11) is 1.35. The molecule has 0 aliphatic carbocycles. The number of carbonyl (C=O) groups is 1. The molecule has 0 spiro atoms. The maximum absolute atomic E-state index is 12.8. The van der Waals surface area contributed by atoms with Crippen LogP contribution in [0.2, 0.25) is 0 Å². The number of rotatable bonds is 2. The largest absolute Gasteiger partial charge is 0.492 e. The molecule has 1 aromatic heterocycles. The number of amides is 1. The van der Waals surface area contributed by atoms with Gasteiger partial charge in [-0.15, -0.1) is 0 Å². The van der Waals surface area contributed by atoms with E-state index in [1.54, 1.807) is 17.0 Å². The van der Waals surface area contributed by atoms with Crippen LogP contribution in [-0.2, 0) is 17.7 Å². The topological polar surface area (TPSA) is 111 Å². The van der Waals surface area contributed by atoms with Crippen molar-refractivity contribution in [2.24, 2.45) is 0 Å². The highest BCUT2D eigenvalue weighted by Gasteiger charge is 2.29. The lowest BCUT2D eigenvalue weighted by Gasteiger charge is -2.21. The Morgan fingerprint density at radius 2 is 1.74 bits per heavy atom. The molecule has 224 valence electrons. The maximum atomic E-state index is 12.8. The van der Waals surface area contributed by atoms with Crippen molar-refractivity contribution in [2.75, 3.05) is 45.3 Å². The number of carbonyl (C=O) groups excluding carboxylic acids is 1. The summed E-state index contributed by atoms with van der Waals surface area (Å²) in [5.41, 5.74) is 3.34. The number of anilines is 1. The van der Waals surface area contributed by atoms with Crippen molar-refractivity contribution in [3.63, 3.8) is 0 Å². The third kappa shape index (κ3) is 9.53. The van der Waals surface area contributed by atoms with E-state index in [2.05, 4.69) is 32.2 Å². The van der Waals surface area contributed by atoms with Crippen molar-refractivity contribution >= 4 is 17.7 Å². The van der Waals surface area contributed by atoms with E-state index in [0.29, 0.717) is 31.9 Å². The van der Waals surface area contributed by atoms with Crippen LogP contribution in [0, 0.1) is 0 Å². The minimum atomic E-state index is -4.54. The van der Waals surface area contributed by atoms with Crippen LogP contribution < -0.4 is 20.1 Å². The zero-order chi connectivity index (χ0) is 30.0. The molecule has 0 saturated heterocycles. The molecule has 2 aromatic carbocycles. The van der Waals surface area contributed by atoms with Gasteiger partial charge in [0.15, 0.2) is 6.61 Å². The average molecular weight is 587 g/mol. The Morgan fingerprint density at radius 3 is 2.45 bits per heavy atom. The molecule has 0 saturated carbocycles. The number of aromatic nitrogens is 3. The molecule has 10 nitrogen and oxygen atoms in total. The Bertz CT molecular complexity index is 1340. The summed E-state index contributed by atoms with van der Waals surface area (Å²) in [4.78, 5) is 26.3. The molecule has 7 rings (SSSR count). The predicted molar refractivity (Wildman–Crippen MR) is 150 cm³/mol. The lowest BCUT2D eigenvalue weighted by atomic mass is 10.1. The number of ether oxygens (including phenoxy) is 3. The van der Waals surface area contributed by atoms with Crippen LogP contribution in [0.3, 0.4) is 0 Å². The molecule has 4 aliphatic heterocycles. The summed E-state index contributed by atoms with van der Waals surface area (Å²) in [6, 6.07) is 14.4. The molecule has 42 heavy (non-hydrogen) atoms. The van der Waals surface area contributed by atoms with E-state index < -0.39 is 24.9 Å². The minimum absolute atomic E-state index is 0.0871. The summed E-state index contributed by atoms with van der Waals surface area (Å²) >= 11 is 0. The molecule has 6 bridgehead atoms. The van der Waals surface area contributed by atoms with Gasteiger partial charge in [0.25, 0.3) is 0 Å². The van der Waals surface area contributed by atoms with Crippen LogP contribution in [-0.4, -0.2) is 72.1 Å². The molecule has 0 unspecified atom stereocenters. The van der Waals surface area contributed by atoms with Crippen LogP contribution in [0.1, 0.15) is 35.4 Å². The number of methoxy groups -OCH3 is 1. The van der Waals surface area contributed by atoms with Gasteiger partial charge in [-0.25, -0.2) is 4.79 Å². The van der Waals surface area contributed by atoms with Crippen molar-refractivity contribution in [1.82, 2.24) is 25.2 Å². The highest BCUT2D eigenvalue weighted by atomic mass is 19.4. The summed E-state index contributed by atoms with van der Waals surface area (Å²) in [6.45, 7) is 4.73. The third-order valence-corrected chi connectivity index (χ3v) is 6.32. The van der Waals surface area contributed by atoms with Crippen LogP contribution >= 0.6 is 0 Å². The first kappa shape index (κ1) is 30.4. The van der Waals surface area contributed by atoms with Gasteiger partial charge in [-0.3, -0.25) is 0 Å². The molecule has 5 heterocycles. The zero-order valence-electron chi connectivity index (χ0n) is 23.2. The lowest BCUT2D eigenvalue weighted by Crippen LogP contribution is -2.35. The SMILES string of the molecule is C=C1NCCCCN(C(=O)OC)CCOc2ccc(cc2)CNc2nc(nc(OCC(F)(F)F)n2)Cc2ccc1cc2. The minimum Gasteiger partial charge on any atom is -0.492 e. The standard InChI is InChI=1S/C29H33F3N6O4/c1-20-23-9-5-21(6-10-23)17-25-35-26(37-27(36-25)42-19-29(30,31)32)34-18-22-7-11-24(12-8-22)41-16-15-38(28(39)40-2)14-4-3-13-33-20/h5-12,33H,1,3-4,13-19H2,2H3,(H,34,35,36,37). The number of alkyl halides is 3. The quantitative estimate of drug-likeness (QED) is 0.437. The molecule has 2 N–H and O–H groups in total. The fourth-order valence-electron chi connectivity index (χ4n) is 4.12. The molecule has 3 aromatic rings. The summed E-state index contributed by atoms with van der Waals surface area (Å²) in [5, 5.41) is 6.33. The van der Waals surface area contributed by atoms with Crippen LogP contribution in [0.25, 0.3) is 5.70 Å². The van der Waals surface area contributed by atoms with Gasteiger partial charge >= 0.3 is 18.3 Å². The second-order valence-electron chi connectivity index (χ2n) is 9.55. The molecule has 1 amide bonds. The second kappa shape index (κ2) is 14.4. The Labute approximate surface area is 241 Å². The number of nitrogens with zero attached hydrogens (tertiary/aromatic N) is 4. The number of nitrogens with one attached hydrogen (secondary N) is 2. The van der Waals surface area contributed by atoms with Crippen LogP contribution in [0.4, 0.5) is 23.9 Å². The molecule has 4 aliphatic rings. The van der Waals surface area contributed by atoms with Crippen LogP contribution in [0.5, 0.6) is 11.8 Å². The zero-order valence-corrected chi connectivity index (χ0v) is 23.2. The number of hydrogen-bond donors (Lipinski definition) is 2. The monoisotopic (exact) mass is 586 g/mol. The van der Waals surface area contributed by atoms with Gasteiger partial charge in [-0.2, -0.15) is 28.1 Å². The Hall–Kier alpha value is -4.55. The van der Waals surface area contributed by atoms with Gasteiger partial charge in [0.1, 0.15) is 18.2 Å². The second-order valence-corrected chi connectivity index (χ2v) is 9.55. The Kier molecular flexibility index (Phi) is 10.4. The van der Waals surface area contributed by atoms with Gasteiger partial charge in [0.05, 0.1) is 13.7 Å². The summed E-state index contributed by atoms with van der Waals surface area (Å²) < 4.78 is 53.9. The smallest absolute Gasteiger partial charge is 0.422 e. The fraction of sp³-hybridized carbons (Fsp3) is 0.379. The van der Waals surface area contributed by atoms with Gasteiger partial charge in [-0.1, -0.05) is 43.0 Å². The van der Waals surface area contributed by atoms with Crippen LogP contribution in [0.15, 0.2) is 55.1 Å². The number of halogens is 3. The molecular formula is C29H33F3N6O4. The van der Waals surface area contributed by atoms with E-state index >= 15 is 0 Å². The molecule has 0 radical (unpaired) electrons. The normalized spacial score (nSPS) is 15.1. The van der Waals surface area contributed by atoms with E-state index in [0.717, 1.165) is 35.2 Å².